The Hall–Kier alpha value is -2.14. The first kappa shape index (κ1) is 16.7. The van der Waals surface area contributed by atoms with E-state index in [0.717, 1.165) is 12.0 Å². The van der Waals surface area contributed by atoms with Crippen molar-refractivity contribution in [2.24, 2.45) is 0 Å². The van der Waals surface area contributed by atoms with E-state index in [-0.39, 0.29) is 16.3 Å². The van der Waals surface area contributed by atoms with Gasteiger partial charge in [-0.2, -0.15) is 0 Å². The average molecular weight is 344 g/mol. The Kier molecular flexibility index (Phi) is 5.00. The number of carbonyl (C=O) groups excluding carboxylic acids is 1. The highest BCUT2D eigenvalue weighted by Gasteiger charge is 2.38. The first-order valence-electron chi connectivity index (χ1n) is 7.73. The fourth-order valence-electron chi connectivity index (χ4n) is 3.06. The summed E-state index contributed by atoms with van der Waals surface area (Å²) in [7, 11) is 4.79. The number of rotatable bonds is 5. The molecule has 1 heterocycles. The van der Waals surface area contributed by atoms with Gasteiger partial charge in [-0.3, -0.25) is 4.79 Å². The molecule has 0 amide bonds. The molecule has 1 aliphatic rings. The Morgan fingerprint density at radius 1 is 0.958 bits per heavy atom. The van der Waals surface area contributed by atoms with Crippen LogP contribution in [0.5, 0.6) is 17.2 Å². The molecule has 1 saturated heterocycles. The van der Waals surface area contributed by atoms with Crippen LogP contribution >= 0.6 is 11.8 Å². The number of thioether (sulfide) groups is 1. The lowest BCUT2D eigenvalue weighted by molar-refractivity contribution is -0.111. The molecule has 2 atom stereocenters. The quantitative estimate of drug-likeness (QED) is 0.813. The molecule has 0 saturated carbocycles. The average Bonchev–Trinajstić information content (AvgIpc) is 3.02. The fraction of sp³-hybridized carbons (Fsp3) is 0.316. The lowest BCUT2D eigenvalue weighted by Crippen LogP contribution is -2.07. The smallest absolute Gasteiger partial charge is 0.197 e. The first-order chi connectivity index (χ1) is 11.7. The summed E-state index contributed by atoms with van der Waals surface area (Å²) < 4.78 is 16.3. The van der Waals surface area contributed by atoms with Gasteiger partial charge in [-0.25, -0.2) is 0 Å². The lowest BCUT2D eigenvalue weighted by atomic mass is 9.92. The van der Waals surface area contributed by atoms with Crippen molar-refractivity contribution in [1.29, 1.82) is 0 Å². The van der Waals surface area contributed by atoms with Crippen LogP contribution in [0.4, 0.5) is 0 Å². The Labute approximate surface area is 146 Å². The Bertz CT molecular complexity index is 704. The number of hydrogen-bond acceptors (Lipinski definition) is 5. The molecule has 1 fully saturated rings. The van der Waals surface area contributed by atoms with Gasteiger partial charge in [-0.15, -0.1) is 0 Å². The van der Waals surface area contributed by atoms with Crippen LogP contribution in [0.1, 0.15) is 28.7 Å². The maximum absolute atomic E-state index is 12.7. The van der Waals surface area contributed by atoms with E-state index in [1.165, 1.54) is 17.3 Å². The molecule has 0 radical (unpaired) electrons. The summed E-state index contributed by atoms with van der Waals surface area (Å²) in [4.78, 5) is 12.7. The highest BCUT2D eigenvalue weighted by molar-refractivity contribution is 8.14. The Morgan fingerprint density at radius 2 is 1.58 bits per heavy atom. The Balaban J connectivity index is 1.98. The molecule has 24 heavy (non-hydrogen) atoms. The predicted molar refractivity (Wildman–Crippen MR) is 95.2 cm³/mol. The van der Waals surface area contributed by atoms with Crippen LogP contribution in [0.25, 0.3) is 0 Å². The van der Waals surface area contributed by atoms with Crippen molar-refractivity contribution < 1.29 is 19.0 Å². The zero-order valence-corrected chi connectivity index (χ0v) is 14.8. The van der Waals surface area contributed by atoms with Crippen molar-refractivity contribution in [3.05, 3.63) is 53.6 Å². The largest absolute Gasteiger partial charge is 0.496 e. The molecule has 0 spiro atoms. The zero-order chi connectivity index (χ0) is 17.1. The minimum Gasteiger partial charge on any atom is -0.496 e. The molecule has 0 bridgehead atoms. The van der Waals surface area contributed by atoms with Gasteiger partial charge in [0.1, 0.15) is 17.2 Å². The van der Waals surface area contributed by atoms with Crippen molar-refractivity contribution >= 4 is 16.9 Å². The van der Waals surface area contributed by atoms with Crippen molar-refractivity contribution in [3.63, 3.8) is 0 Å². The summed E-state index contributed by atoms with van der Waals surface area (Å²) in [5.74, 6) is 1.64. The van der Waals surface area contributed by atoms with Crippen LogP contribution < -0.4 is 14.2 Å². The zero-order valence-electron chi connectivity index (χ0n) is 13.9. The minimum atomic E-state index is -0.254. The fourth-order valence-corrected chi connectivity index (χ4v) is 4.30. The van der Waals surface area contributed by atoms with E-state index in [1.807, 2.05) is 18.2 Å². The van der Waals surface area contributed by atoms with Crippen LogP contribution in [0.15, 0.2) is 42.5 Å². The summed E-state index contributed by atoms with van der Waals surface area (Å²) in [6.07, 6.45) is 0.729. The van der Waals surface area contributed by atoms with E-state index in [9.17, 15) is 4.79 Å². The molecule has 0 aliphatic carbocycles. The van der Waals surface area contributed by atoms with Crippen LogP contribution in [0.3, 0.4) is 0 Å². The van der Waals surface area contributed by atoms with Crippen LogP contribution in [0.2, 0.25) is 0 Å². The van der Waals surface area contributed by atoms with Gasteiger partial charge >= 0.3 is 0 Å². The molecule has 0 N–H and O–H groups in total. The molecular formula is C19H20O4S. The lowest BCUT2D eigenvalue weighted by Gasteiger charge is -2.18. The van der Waals surface area contributed by atoms with Gasteiger partial charge in [0.25, 0.3) is 0 Å². The molecule has 126 valence electrons. The Morgan fingerprint density at radius 3 is 2.12 bits per heavy atom. The van der Waals surface area contributed by atoms with E-state index < -0.39 is 0 Å². The van der Waals surface area contributed by atoms with Crippen molar-refractivity contribution in [2.75, 3.05) is 21.3 Å². The second-order valence-electron chi connectivity index (χ2n) is 5.57. The SMILES string of the molecule is COc1cc(OC)c([C@H]2C[C@@H](c3ccccc3)SC2=O)c(OC)c1. The summed E-state index contributed by atoms with van der Waals surface area (Å²) in [6.45, 7) is 0. The first-order valence-corrected chi connectivity index (χ1v) is 8.61. The monoisotopic (exact) mass is 344 g/mol. The van der Waals surface area contributed by atoms with Crippen LogP contribution in [0, 0.1) is 0 Å². The van der Waals surface area contributed by atoms with E-state index >= 15 is 0 Å². The van der Waals surface area contributed by atoms with E-state index in [2.05, 4.69) is 12.1 Å². The third-order valence-corrected chi connectivity index (χ3v) is 5.53. The summed E-state index contributed by atoms with van der Waals surface area (Å²) in [5.41, 5.74) is 1.97. The van der Waals surface area contributed by atoms with E-state index in [4.69, 9.17) is 14.2 Å². The number of ether oxygens (including phenoxy) is 3. The normalized spacial score (nSPS) is 20.0. The van der Waals surface area contributed by atoms with Crippen molar-refractivity contribution in [3.8, 4) is 17.2 Å². The van der Waals surface area contributed by atoms with Crippen LogP contribution in [-0.2, 0) is 4.79 Å². The third-order valence-electron chi connectivity index (χ3n) is 4.27. The molecule has 4 nitrogen and oxygen atoms in total. The summed E-state index contributed by atoms with van der Waals surface area (Å²) in [5, 5.41) is 0.297. The highest BCUT2D eigenvalue weighted by Crippen LogP contribution is 2.52. The summed E-state index contributed by atoms with van der Waals surface area (Å²) >= 11 is 1.39. The molecule has 1 aliphatic heterocycles. The van der Waals surface area contributed by atoms with Gasteiger partial charge in [0.2, 0.25) is 0 Å². The second kappa shape index (κ2) is 7.18. The van der Waals surface area contributed by atoms with Crippen molar-refractivity contribution in [2.45, 2.75) is 17.6 Å². The number of benzene rings is 2. The molecule has 2 aromatic rings. The van der Waals surface area contributed by atoms with Gasteiger partial charge in [-0.1, -0.05) is 42.1 Å². The van der Waals surface area contributed by atoms with Gasteiger partial charge in [0, 0.05) is 22.9 Å². The molecule has 0 unspecified atom stereocenters. The standard InChI is InChI=1S/C19H20O4S/c1-21-13-9-15(22-2)18(16(10-13)23-3)14-11-17(24-19(14)20)12-7-5-4-6-8-12/h4-10,14,17H,11H2,1-3H3/t14-,17+/m1/s1. The molecule has 3 rings (SSSR count). The predicted octanol–water partition coefficient (Wildman–Crippen LogP) is 4.20. The topological polar surface area (TPSA) is 44.8 Å². The minimum absolute atomic E-state index is 0.144. The van der Waals surface area contributed by atoms with Crippen LogP contribution in [-0.4, -0.2) is 26.4 Å². The second-order valence-corrected chi connectivity index (χ2v) is 6.78. The molecule has 0 aromatic heterocycles. The molecule has 5 heteroatoms. The molecular weight excluding hydrogens is 324 g/mol. The van der Waals surface area contributed by atoms with Gasteiger partial charge in [0.05, 0.1) is 27.2 Å². The van der Waals surface area contributed by atoms with E-state index in [0.29, 0.717) is 17.2 Å². The molecule has 2 aromatic carbocycles. The maximum atomic E-state index is 12.7. The van der Waals surface area contributed by atoms with Crippen molar-refractivity contribution in [1.82, 2.24) is 0 Å². The maximum Gasteiger partial charge on any atom is 0.197 e. The number of hydrogen-bond donors (Lipinski definition) is 0. The van der Waals surface area contributed by atoms with Gasteiger partial charge in [-0.05, 0) is 12.0 Å². The van der Waals surface area contributed by atoms with Gasteiger partial charge in [0.15, 0.2) is 5.12 Å². The summed E-state index contributed by atoms with van der Waals surface area (Å²) in [6, 6.07) is 13.7. The van der Waals surface area contributed by atoms with E-state index in [1.54, 1.807) is 33.5 Å². The number of methoxy groups -OCH3 is 3. The number of carbonyl (C=O) groups is 1. The highest BCUT2D eigenvalue weighted by atomic mass is 32.2. The van der Waals surface area contributed by atoms with Gasteiger partial charge < -0.3 is 14.2 Å². The third kappa shape index (κ3) is 3.08.